The first kappa shape index (κ1) is 15.4. The number of aryl methyl sites for hydroxylation is 1. The summed E-state index contributed by atoms with van der Waals surface area (Å²) in [7, 11) is 0. The molecule has 0 aliphatic heterocycles. The summed E-state index contributed by atoms with van der Waals surface area (Å²) >= 11 is 3.89. The van der Waals surface area contributed by atoms with Crippen LogP contribution >= 0.6 is 15.9 Å². The van der Waals surface area contributed by atoms with Crippen molar-refractivity contribution in [3.8, 4) is 5.75 Å². The van der Waals surface area contributed by atoms with Gasteiger partial charge in [0.15, 0.2) is 0 Å². The molecule has 2 unspecified atom stereocenters. The van der Waals surface area contributed by atoms with Gasteiger partial charge in [0.05, 0.1) is 0 Å². The van der Waals surface area contributed by atoms with Crippen LogP contribution in [0.1, 0.15) is 64.0 Å². The second kappa shape index (κ2) is 5.30. The van der Waals surface area contributed by atoms with E-state index >= 15 is 0 Å². The van der Waals surface area contributed by atoms with Crippen LogP contribution in [0.5, 0.6) is 5.75 Å². The fraction of sp³-hybridized carbons (Fsp3) is 0.684. The molecule has 0 bridgehead atoms. The Bertz CT molecular complexity index is 523. The third-order valence-corrected chi connectivity index (χ3v) is 6.72. The highest BCUT2D eigenvalue weighted by Gasteiger charge is 2.56. The standard InChI is InChI=1S/C19H27BrO/c1-13-7-8-15(14(11-13)18(2,3)4)21-17-12-16(20)19(17)9-5-6-10-19/h7-8,11,16-17H,5-6,9-10,12H2,1-4H3. The highest BCUT2D eigenvalue weighted by atomic mass is 79.9. The second-order valence-corrected chi connectivity index (χ2v) is 9.10. The van der Waals surface area contributed by atoms with E-state index in [0.29, 0.717) is 16.3 Å². The van der Waals surface area contributed by atoms with Gasteiger partial charge in [0.1, 0.15) is 11.9 Å². The van der Waals surface area contributed by atoms with E-state index < -0.39 is 0 Å². The molecule has 0 N–H and O–H groups in total. The van der Waals surface area contributed by atoms with E-state index in [2.05, 4.69) is 61.8 Å². The molecule has 0 heterocycles. The van der Waals surface area contributed by atoms with E-state index in [-0.39, 0.29) is 5.41 Å². The van der Waals surface area contributed by atoms with Gasteiger partial charge in [-0.2, -0.15) is 0 Å². The van der Waals surface area contributed by atoms with Crippen LogP contribution in [0.15, 0.2) is 18.2 Å². The van der Waals surface area contributed by atoms with Crippen molar-refractivity contribution >= 4 is 15.9 Å². The number of halogens is 1. The zero-order chi connectivity index (χ0) is 15.3. The molecule has 0 saturated heterocycles. The molecule has 1 aromatic rings. The van der Waals surface area contributed by atoms with Crippen LogP contribution in [-0.4, -0.2) is 10.9 Å². The van der Waals surface area contributed by atoms with Crippen molar-refractivity contribution in [1.82, 2.24) is 0 Å². The molecule has 0 aromatic heterocycles. The van der Waals surface area contributed by atoms with Crippen molar-refractivity contribution in [2.24, 2.45) is 5.41 Å². The van der Waals surface area contributed by atoms with Crippen molar-refractivity contribution in [3.05, 3.63) is 29.3 Å². The molecule has 0 radical (unpaired) electrons. The topological polar surface area (TPSA) is 9.23 Å². The average Bonchev–Trinajstić information content (AvgIpc) is 2.91. The van der Waals surface area contributed by atoms with E-state index in [1.807, 2.05) is 0 Å². The first-order valence-corrected chi connectivity index (χ1v) is 9.16. The first-order valence-electron chi connectivity index (χ1n) is 8.25. The van der Waals surface area contributed by atoms with E-state index in [1.165, 1.54) is 36.8 Å². The van der Waals surface area contributed by atoms with Gasteiger partial charge in [0, 0.05) is 10.2 Å². The summed E-state index contributed by atoms with van der Waals surface area (Å²) in [6.07, 6.45) is 6.92. The Morgan fingerprint density at radius 2 is 1.86 bits per heavy atom. The lowest BCUT2D eigenvalue weighted by Crippen LogP contribution is -2.55. The van der Waals surface area contributed by atoms with Crippen LogP contribution in [0.3, 0.4) is 0 Å². The molecule has 1 aromatic carbocycles. The molecule has 116 valence electrons. The van der Waals surface area contributed by atoms with Gasteiger partial charge in [-0.25, -0.2) is 0 Å². The molecule has 1 spiro atoms. The Hall–Kier alpha value is -0.500. The maximum atomic E-state index is 6.54. The Morgan fingerprint density at radius 1 is 1.19 bits per heavy atom. The number of rotatable bonds is 2. The minimum Gasteiger partial charge on any atom is -0.489 e. The maximum absolute atomic E-state index is 6.54. The molecular weight excluding hydrogens is 324 g/mol. The van der Waals surface area contributed by atoms with Gasteiger partial charge in [-0.15, -0.1) is 0 Å². The lowest BCUT2D eigenvalue weighted by molar-refractivity contribution is -0.0313. The summed E-state index contributed by atoms with van der Waals surface area (Å²) in [6.45, 7) is 8.98. The second-order valence-electron chi connectivity index (χ2n) is 8.00. The summed E-state index contributed by atoms with van der Waals surface area (Å²) in [6, 6.07) is 6.65. The molecule has 0 amide bonds. The van der Waals surface area contributed by atoms with Crippen molar-refractivity contribution < 1.29 is 4.74 Å². The van der Waals surface area contributed by atoms with Gasteiger partial charge in [-0.1, -0.05) is 67.2 Å². The van der Waals surface area contributed by atoms with Crippen molar-refractivity contribution in [1.29, 1.82) is 0 Å². The Kier molecular flexibility index (Phi) is 3.88. The summed E-state index contributed by atoms with van der Waals surface area (Å²) in [5.41, 5.74) is 3.19. The number of hydrogen-bond acceptors (Lipinski definition) is 1. The average molecular weight is 351 g/mol. The molecule has 2 atom stereocenters. The van der Waals surface area contributed by atoms with Crippen LogP contribution in [-0.2, 0) is 5.41 Å². The smallest absolute Gasteiger partial charge is 0.123 e. The maximum Gasteiger partial charge on any atom is 0.123 e. The highest BCUT2D eigenvalue weighted by Crippen LogP contribution is 2.58. The number of benzene rings is 1. The third kappa shape index (κ3) is 2.65. The molecule has 2 saturated carbocycles. The Labute approximate surface area is 137 Å². The van der Waals surface area contributed by atoms with Crippen LogP contribution in [0.2, 0.25) is 0 Å². The summed E-state index contributed by atoms with van der Waals surface area (Å²) in [5.74, 6) is 1.10. The first-order chi connectivity index (χ1) is 9.83. The van der Waals surface area contributed by atoms with E-state index in [4.69, 9.17) is 4.74 Å². The lowest BCUT2D eigenvalue weighted by Gasteiger charge is -2.51. The largest absolute Gasteiger partial charge is 0.489 e. The molecule has 2 fully saturated rings. The minimum absolute atomic E-state index is 0.127. The SMILES string of the molecule is Cc1ccc(OC2CC(Br)C23CCCC3)c(C(C)(C)C)c1. The predicted octanol–water partition coefficient (Wildman–Crippen LogP) is 5.77. The van der Waals surface area contributed by atoms with Gasteiger partial charge in [0.2, 0.25) is 0 Å². The van der Waals surface area contributed by atoms with Gasteiger partial charge < -0.3 is 4.74 Å². The molecule has 21 heavy (non-hydrogen) atoms. The molecule has 2 heteroatoms. The Balaban J connectivity index is 1.86. The fourth-order valence-corrected chi connectivity index (χ4v) is 5.11. The Morgan fingerprint density at radius 3 is 2.43 bits per heavy atom. The van der Waals surface area contributed by atoms with Crippen LogP contribution < -0.4 is 4.74 Å². The fourth-order valence-electron chi connectivity index (χ4n) is 4.02. The van der Waals surface area contributed by atoms with Gasteiger partial charge in [-0.05, 0) is 43.2 Å². The zero-order valence-electron chi connectivity index (χ0n) is 13.7. The number of hydrogen-bond donors (Lipinski definition) is 0. The quantitative estimate of drug-likeness (QED) is 0.615. The van der Waals surface area contributed by atoms with Crippen molar-refractivity contribution in [2.75, 3.05) is 0 Å². The number of ether oxygens (including phenoxy) is 1. The molecule has 1 nitrogen and oxygen atoms in total. The van der Waals surface area contributed by atoms with E-state index in [0.717, 1.165) is 12.2 Å². The van der Waals surface area contributed by atoms with Crippen LogP contribution in [0, 0.1) is 12.3 Å². The van der Waals surface area contributed by atoms with Gasteiger partial charge in [-0.3, -0.25) is 0 Å². The van der Waals surface area contributed by atoms with Crippen LogP contribution in [0.25, 0.3) is 0 Å². The number of alkyl halides is 1. The van der Waals surface area contributed by atoms with Gasteiger partial charge in [0.25, 0.3) is 0 Å². The molecular formula is C19H27BrO. The summed E-state index contributed by atoms with van der Waals surface area (Å²) in [5, 5.41) is 0. The summed E-state index contributed by atoms with van der Waals surface area (Å²) < 4.78 is 6.54. The third-order valence-electron chi connectivity index (χ3n) is 5.43. The molecule has 2 aliphatic carbocycles. The molecule has 2 aliphatic rings. The highest BCUT2D eigenvalue weighted by molar-refractivity contribution is 9.09. The van der Waals surface area contributed by atoms with E-state index in [9.17, 15) is 0 Å². The summed E-state index contributed by atoms with van der Waals surface area (Å²) in [4.78, 5) is 0.654. The monoisotopic (exact) mass is 350 g/mol. The van der Waals surface area contributed by atoms with Gasteiger partial charge >= 0.3 is 0 Å². The minimum atomic E-state index is 0.127. The molecule has 3 rings (SSSR count). The normalized spacial score (nSPS) is 27.7. The van der Waals surface area contributed by atoms with Crippen molar-refractivity contribution in [2.45, 2.75) is 76.1 Å². The zero-order valence-corrected chi connectivity index (χ0v) is 15.3. The van der Waals surface area contributed by atoms with E-state index in [1.54, 1.807) is 0 Å². The van der Waals surface area contributed by atoms with Crippen molar-refractivity contribution in [3.63, 3.8) is 0 Å². The van der Waals surface area contributed by atoms with Crippen LogP contribution in [0.4, 0.5) is 0 Å². The predicted molar refractivity (Wildman–Crippen MR) is 92.5 cm³/mol. The lowest BCUT2D eigenvalue weighted by atomic mass is 9.64.